The third-order valence-electron chi connectivity index (χ3n) is 4.59. The number of sulfonamides is 1. The van der Waals surface area contributed by atoms with Crippen molar-refractivity contribution in [2.24, 2.45) is 0 Å². The summed E-state index contributed by atoms with van der Waals surface area (Å²) in [5, 5.41) is 12.5. The number of phenolic OH excluding ortho intramolecular Hbond substituents is 1. The van der Waals surface area contributed by atoms with Gasteiger partial charge in [0.1, 0.15) is 5.75 Å². The number of hydrogen-bond donors (Lipinski definition) is 3. The highest BCUT2D eigenvalue weighted by atomic mass is 32.2. The minimum absolute atomic E-state index is 0.0175. The molecule has 3 N–H and O–H groups in total. The zero-order valence-corrected chi connectivity index (χ0v) is 17.2. The lowest BCUT2D eigenvalue weighted by Crippen LogP contribution is -2.14. The van der Waals surface area contributed by atoms with Gasteiger partial charge < -0.3 is 10.4 Å². The Hall–Kier alpha value is -3.32. The third kappa shape index (κ3) is 4.75. The Balaban J connectivity index is 1.74. The molecule has 150 valence electrons. The highest BCUT2D eigenvalue weighted by Crippen LogP contribution is 2.25. The summed E-state index contributed by atoms with van der Waals surface area (Å²) in [5.74, 6) is -0.427. The minimum Gasteiger partial charge on any atom is -0.506 e. The predicted octanol–water partition coefficient (Wildman–Crippen LogP) is 4.37. The van der Waals surface area contributed by atoms with E-state index in [9.17, 15) is 18.3 Å². The first-order chi connectivity index (χ1) is 13.7. The van der Waals surface area contributed by atoms with E-state index in [4.69, 9.17) is 0 Å². The van der Waals surface area contributed by atoms with Gasteiger partial charge in [0.25, 0.3) is 15.9 Å². The summed E-state index contributed by atoms with van der Waals surface area (Å²) in [6.07, 6.45) is 0. The molecule has 6 nitrogen and oxygen atoms in total. The summed E-state index contributed by atoms with van der Waals surface area (Å²) in [6.45, 7) is 5.61. The van der Waals surface area contributed by atoms with Gasteiger partial charge in [-0.05, 0) is 86.0 Å². The Morgan fingerprint density at radius 2 is 1.55 bits per heavy atom. The van der Waals surface area contributed by atoms with Gasteiger partial charge in [0.15, 0.2) is 0 Å². The van der Waals surface area contributed by atoms with E-state index >= 15 is 0 Å². The quantitative estimate of drug-likeness (QED) is 0.544. The molecule has 0 aliphatic heterocycles. The summed E-state index contributed by atoms with van der Waals surface area (Å²) >= 11 is 0. The number of aromatic hydroxyl groups is 1. The van der Waals surface area contributed by atoms with E-state index < -0.39 is 15.9 Å². The number of aryl methyl sites for hydroxylation is 3. The molecule has 0 heterocycles. The number of benzene rings is 3. The standard InChI is InChI=1S/C22H22N2O4S/c1-14-4-11-20(21(25)12-14)23-22(26)17-6-8-18(9-7-17)24-29(27,28)19-10-5-15(2)16(3)13-19/h4-13,24-25H,1-3H3,(H,23,26). The maximum atomic E-state index is 12.6. The maximum Gasteiger partial charge on any atom is 0.261 e. The van der Waals surface area contributed by atoms with E-state index in [0.717, 1.165) is 16.7 Å². The van der Waals surface area contributed by atoms with Crippen LogP contribution in [0.15, 0.2) is 65.6 Å². The maximum absolute atomic E-state index is 12.6. The van der Waals surface area contributed by atoms with Gasteiger partial charge in [-0.15, -0.1) is 0 Å². The number of amides is 1. The second-order valence-corrected chi connectivity index (χ2v) is 8.59. The van der Waals surface area contributed by atoms with Gasteiger partial charge in [0.2, 0.25) is 0 Å². The number of phenols is 1. The normalized spacial score (nSPS) is 11.1. The fraction of sp³-hybridized carbons (Fsp3) is 0.136. The average Bonchev–Trinajstić information content (AvgIpc) is 2.66. The number of carbonyl (C=O) groups excluding carboxylic acids is 1. The largest absolute Gasteiger partial charge is 0.506 e. The first-order valence-electron chi connectivity index (χ1n) is 8.97. The first kappa shape index (κ1) is 20.4. The highest BCUT2D eigenvalue weighted by molar-refractivity contribution is 7.92. The molecule has 1 amide bonds. The van der Waals surface area contributed by atoms with Gasteiger partial charge in [-0.1, -0.05) is 12.1 Å². The summed E-state index contributed by atoms with van der Waals surface area (Å²) in [5.41, 5.74) is 3.76. The van der Waals surface area contributed by atoms with Crippen LogP contribution in [0.25, 0.3) is 0 Å². The molecule has 0 atom stereocenters. The van der Waals surface area contributed by atoms with E-state index in [0.29, 0.717) is 16.9 Å². The van der Waals surface area contributed by atoms with Crippen molar-refractivity contribution in [3.05, 3.63) is 82.9 Å². The van der Waals surface area contributed by atoms with E-state index in [1.807, 2.05) is 20.8 Å². The first-order valence-corrected chi connectivity index (χ1v) is 10.4. The second kappa shape index (κ2) is 7.97. The number of rotatable bonds is 5. The SMILES string of the molecule is Cc1ccc(NC(=O)c2ccc(NS(=O)(=O)c3ccc(C)c(C)c3)cc2)c(O)c1. The molecule has 0 bridgehead atoms. The average molecular weight is 410 g/mol. The van der Waals surface area contributed by atoms with Gasteiger partial charge in [-0.25, -0.2) is 8.42 Å². The van der Waals surface area contributed by atoms with Crippen LogP contribution >= 0.6 is 0 Å². The van der Waals surface area contributed by atoms with E-state index in [2.05, 4.69) is 10.0 Å². The Morgan fingerprint density at radius 1 is 0.862 bits per heavy atom. The molecule has 7 heteroatoms. The van der Waals surface area contributed by atoms with Crippen LogP contribution in [0.2, 0.25) is 0 Å². The van der Waals surface area contributed by atoms with Crippen LogP contribution < -0.4 is 10.0 Å². The number of hydrogen-bond acceptors (Lipinski definition) is 4. The lowest BCUT2D eigenvalue weighted by Gasteiger charge is -2.11. The third-order valence-corrected chi connectivity index (χ3v) is 5.97. The van der Waals surface area contributed by atoms with Crippen LogP contribution in [0.5, 0.6) is 5.75 Å². The Labute approximate surface area is 170 Å². The number of nitrogens with one attached hydrogen (secondary N) is 2. The molecule has 3 rings (SSSR count). The van der Waals surface area contributed by atoms with Crippen molar-refractivity contribution in [3.63, 3.8) is 0 Å². The van der Waals surface area contributed by atoms with Gasteiger partial charge in [-0.3, -0.25) is 9.52 Å². The summed E-state index contributed by atoms with van der Waals surface area (Å²) in [6, 6.07) is 15.9. The van der Waals surface area contributed by atoms with Gasteiger partial charge in [-0.2, -0.15) is 0 Å². The van der Waals surface area contributed by atoms with Crippen molar-refractivity contribution >= 4 is 27.3 Å². The van der Waals surface area contributed by atoms with Crippen LogP contribution in [-0.2, 0) is 10.0 Å². The van der Waals surface area contributed by atoms with Gasteiger partial charge in [0.05, 0.1) is 10.6 Å². The lowest BCUT2D eigenvalue weighted by atomic mass is 10.1. The van der Waals surface area contributed by atoms with Crippen molar-refractivity contribution in [2.45, 2.75) is 25.7 Å². The Kier molecular flexibility index (Phi) is 5.61. The van der Waals surface area contributed by atoms with Gasteiger partial charge >= 0.3 is 0 Å². The molecule has 0 radical (unpaired) electrons. The molecular weight excluding hydrogens is 388 g/mol. The zero-order valence-electron chi connectivity index (χ0n) is 16.4. The number of anilines is 2. The van der Waals surface area contributed by atoms with Crippen molar-refractivity contribution in [1.29, 1.82) is 0 Å². The van der Waals surface area contributed by atoms with E-state index in [1.54, 1.807) is 36.4 Å². The molecule has 0 saturated heterocycles. The fourth-order valence-corrected chi connectivity index (χ4v) is 3.87. The van der Waals surface area contributed by atoms with Crippen LogP contribution in [-0.4, -0.2) is 19.4 Å². The van der Waals surface area contributed by atoms with Crippen molar-refractivity contribution < 1.29 is 18.3 Å². The highest BCUT2D eigenvalue weighted by Gasteiger charge is 2.15. The molecule has 0 aromatic heterocycles. The number of carbonyl (C=O) groups is 1. The molecule has 0 aliphatic rings. The van der Waals surface area contributed by atoms with Crippen LogP contribution in [0.4, 0.5) is 11.4 Å². The van der Waals surface area contributed by atoms with Crippen LogP contribution in [0, 0.1) is 20.8 Å². The van der Waals surface area contributed by atoms with Crippen molar-refractivity contribution in [1.82, 2.24) is 0 Å². The van der Waals surface area contributed by atoms with E-state index in [-0.39, 0.29) is 10.6 Å². The Bertz CT molecular complexity index is 1170. The van der Waals surface area contributed by atoms with Crippen molar-refractivity contribution in [3.8, 4) is 5.75 Å². The summed E-state index contributed by atoms with van der Waals surface area (Å²) < 4.78 is 27.7. The fourth-order valence-electron chi connectivity index (χ4n) is 2.73. The smallest absolute Gasteiger partial charge is 0.261 e. The topological polar surface area (TPSA) is 95.5 Å². The molecule has 0 spiro atoms. The molecule has 0 unspecified atom stereocenters. The predicted molar refractivity (Wildman–Crippen MR) is 114 cm³/mol. The molecule has 0 aliphatic carbocycles. The molecule has 29 heavy (non-hydrogen) atoms. The molecule has 0 saturated carbocycles. The summed E-state index contributed by atoms with van der Waals surface area (Å²) in [4.78, 5) is 12.6. The van der Waals surface area contributed by atoms with Crippen LogP contribution in [0.3, 0.4) is 0 Å². The molecular formula is C22H22N2O4S. The van der Waals surface area contributed by atoms with Gasteiger partial charge in [0, 0.05) is 11.3 Å². The molecule has 3 aromatic rings. The van der Waals surface area contributed by atoms with Crippen LogP contribution in [0.1, 0.15) is 27.0 Å². The van der Waals surface area contributed by atoms with E-state index in [1.165, 1.54) is 24.3 Å². The summed E-state index contributed by atoms with van der Waals surface area (Å²) in [7, 11) is -3.73. The molecule has 3 aromatic carbocycles. The Morgan fingerprint density at radius 3 is 2.17 bits per heavy atom. The molecule has 0 fully saturated rings. The lowest BCUT2D eigenvalue weighted by molar-refractivity contribution is 0.102. The zero-order chi connectivity index (χ0) is 21.2. The van der Waals surface area contributed by atoms with Crippen molar-refractivity contribution in [2.75, 3.05) is 10.0 Å². The second-order valence-electron chi connectivity index (χ2n) is 6.90. The minimum atomic E-state index is -3.73. The monoisotopic (exact) mass is 410 g/mol.